The molecule has 4 heterocycles. The largest absolute Gasteiger partial charge is 0.463 e. The molecule has 3 fully saturated rings. The van der Waals surface area contributed by atoms with Crippen molar-refractivity contribution in [1.29, 1.82) is 0 Å². The third-order valence-corrected chi connectivity index (χ3v) is 7.05. The molecule has 3 aliphatic rings. The highest BCUT2D eigenvalue weighted by Gasteiger charge is 2.34. The van der Waals surface area contributed by atoms with Gasteiger partial charge in [-0.25, -0.2) is 4.39 Å². The van der Waals surface area contributed by atoms with Crippen molar-refractivity contribution in [3.63, 3.8) is 0 Å². The van der Waals surface area contributed by atoms with E-state index in [0.717, 1.165) is 52.1 Å². The first kappa shape index (κ1) is 22.1. The maximum atomic E-state index is 14.8. The topological polar surface area (TPSA) is 62.8 Å². The Balaban J connectivity index is 1.34. The van der Waals surface area contributed by atoms with Gasteiger partial charge in [0.2, 0.25) is 0 Å². The number of piperazine rings is 1. The fourth-order valence-corrected chi connectivity index (χ4v) is 5.49. The van der Waals surface area contributed by atoms with Crippen LogP contribution in [0.15, 0.2) is 12.1 Å². The van der Waals surface area contributed by atoms with Gasteiger partial charge in [-0.05, 0) is 45.2 Å². The summed E-state index contributed by atoms with van der Waals surface area (Å²) < 4.78 is 26.3. The fraction of sp³-hybridized carbons (Fsp3) is 0.652. The van der Waals surface area contributed by atoms with Crippen LogP contribution in [0, 0.1) is 5.82 Å². The van der Waals surface area contributed by atoms with E-state index in [0.29, 0.717) is 47.0 Å². The summed E-state index contributed by atoms with van der Waals surface area (Å²) in [6.45, 7) is 8.95. The highest BCUT2D eigenvalue weighted by Crippen LogP contribution is 2.33. The van der Waals surface area contributed by atoms with E-state index >= 15 is 0 Å². The van der Waals surface area contributed by atoms with Crippen molar-refractivity contribution in [2.45, 2.75) is 57.3 Å². The predicted molar refractivity (Wildman–Crippen MR) is 123 cm³/mol. The first-order chi connectivity index (χ1) is 15.5. The average molecular weight is 464 g/mol. The Morgan fingerprint density at radius 3 is 2.59 bits per heavy atom. The van der Waals surface area contributed by atoms with E-state index in [1.54, 1.807) is 6.07 Å². The summed E-state index contributed by atoms with van der Waals surface area (Å²) in [5.74, 6) is 0.260. The van der Waals surface area contributed by atoms with Gasteiger partial charge in [0.05, 0.1) is 19.8 Å². The van der Waals surface area contributed by atoms with Crippen molar-refractivity contribution < 1.29 is 13.9 Å². The number of fused-ring (bicyclic) bond motifs is 3. The molecule has 2 aromatic rings. The Morgan fingerprint density at radius 2 is 1.88 bits per heavy atom. The summed E-state index contributed by atoms with van der Waals surface area (Å²) in [4.78, 5) is 13.8. The van der Waals surface area contributed by atoms with Gasteiger partial charge in [0, 0.05) is 54.2 Å². The fourth-order valence-electron chi connectivity index (χ4n) is 5.28. The lowest BCUT2D eigenvalue weighted by atomic mass is 10.1. The maximum absolute atomic E-state index is 14.8. The lowest BCUT2D eigenvalue weighted by molar-refractivity contribution is -0.0380. The number of nitrogens with one attached hydrogen (secondary N) is 1. The normalized spacial score (nSPS) is 28.4. The van der Waals surface area contributed by atoms with Crippen molar-refractivity contribution in [2.75, 3.05) is 44.4 Å². The Morgan fingerprint density at radius 1 is 1.16 bits per heavy atom. The van der Waals surface area contributed by atoms with Crippen LogP contribution >= 0.6 is 11.6 Å². The highest BCUT2D eigenvalue weighted by atomic mass is 35.5. The summed E-state index contributed by atoms with van der Waals surface area (Å²) in [6.07, 6.45) is 3.15. The zero-order chi connectivity index (χ0) is 22.2. The van der Waals surface area contributed by atoms with E-state index < -0.39 is 5.82 Å². The Bertz CT molecular complexity index is 957. The molecule has 32 heavy (non-hydrogen) atoms. The number of morpholine rings is 1. The monoisotopic (exact) mass is 463 g/mol. The molecular weight excluding hydrogens is 433 g/mol. The average Bonchev–Trinajstić information content (AvgIpc) is 3.10. The molecule has 2 bridgehead atoms. The molecule has 1 aromatic heterocycles. The minimum atomic E-state index is -0.449. The van der Waals surface area contributed by atoms with Gasteiger partial charge in [-0.2, -0.15) is 9.97 Å². The summed E-state index contributed by atoms with van der Waals surface area (Å²) in [5, 5.41) is 4.61. The Hall–Kier alpha value is -1.74. The molecule has 0 amide bonds. The second-order valence-electron chi connectivity index (χ2n) is 9.33. The molecule has 3 saturated heterocycles. The number of benzene rings is 1. The lowest BCUT2D eigenvalue weighted by Crippen LogP contribution is -2.51. The summed E-state index contributed by atoms with van der Waals surface area (Å²) in [6, 6.07) is 4.93. The third-order valence-electron chi connectivity index (χ3n) is 6.84. The zero-order valence-corrected chi connectivity index (χ0v) is 19.4. The van der Waals surface area contributed by atoms with Crippen LogP contribution in [0.1, 0.15) is 33.1 Å². The van der Waals surface area contributed by atoms with Gasteiger partial charge in [0.1, 0.15) is 11.3 Å². The van der Waals surface area contributed by atoms with Crippen LogP contribution in [0.5, 0.6) is 6.01 Å². The molecule has 0 radical (unpaired) electrons. The number of nitrogens with zero attached hydrogens (tertiary/aromatic N) is 4. The van der Waals surface area contributed by atoms with Gasteiger partial charge in [0.25, 0.3) is 0 Å². The van der Waals surface area contributed by atoms with Gasteiger partial charge in [-0.1, -0.05) is 11.6 Å². The standard InChI is InChI=1S/C23H31ClFN5O2/c1-14-12-31-13-15(2)30(14)6-3-7-32-23-27-21-19(8-16(24)9-20(21)25)22(28-23)29-10-17-4-5-18(11-29)26-17/h8-9,14-15,17-18,26H,3-7,10-13H2,1-2H3/t14-,15-,17-,18+/m1/s1. The number of aromatic nitrogens is 2. The second-order valence-corrected chi connectivity index (χ2v) is 9.77. The molecule has 9 heteroatoms. The molecule has 0 saturated carbocycles. The van der Waals surface area contributed by atoms with E-state index in [9.17, 15) is 4.39 Å². The maximum Gasteiger partial charge on any atom is 0.319 e. The number of ether oxygens (including phenoxy) is 2. The van der Waals surface area contributed by atoms with Crippen LogP contribution in [-0.4, -0.2) is 78.5 Å². The molecule has 4 atom stereocenters. The number of halogens is 2. The van der Waals surface area contributed by atoms with Crippen molar-refractivity contribution >= 4 is 28.3 Å². The quantitative estimate of drug-likeness (QED) is 0.660. The van der Waals surface area contributed by atoms with E-state index in [1.165, 1.54) is 6.07 Å². The predicted octanol–water partition coefficient (Wildman–Crippen LogP) is 3.24. The molecule has 0 spiro atoms. The Kier molecular flexibility index (Phi) is 6.38. The minimum absolute atomic E-state index is 0.225. The summed E-state index contributed by atoms with van der Waals surface area (Å²) >= 11 is 6.17. The number of hydrogen-bond donors (Lipinski definition) is 1. The van der Waals surface area contributed by atoms with Crippen molar-refractivity contribution in [3.8, 4) is 6.01 Å². The molecule has 7 nitrogen and oxygen atoms in total. The van der Waals surface area contributed by atoms with Crippen molar-refractivity contribution in [3.05, 3.63) is 23.0 Å². The van der Waals surface area contributed by atoms with Gasteiger partial charge >= 0.3 is 6.01 Å². The lowest BCUT2D eigenvalue weighted by Gasteiger charge is -2.38. The van der Waals surface area contributed by atoms with Gasteiger partial charge in [-0.3, -0.25) is 4.90 Å². The van der Waals surface area contributed by atoms with Gasteiger partial charge < -0.3 is 19.7 Å². The summed E-state index contributed by atoms with van der Waals surface area (Å²) in [7, 11) is 0. The van der Waals surface area contributed by atoms with E-state index in [2.05, 4.69) is 33.9 Å². The van der Waals surface area contributed by atoms with Crippen molar-refractivity contribution in [2.24, 2.45) is 0 Å². The molecule has 1 aromatic carbocycles. The molecule has 5 rings (SSSR count). The number of hydrogen-bond acceptors (Lipinski definition) is 7. The first-order valence-corrected chi connectivity index (χ1v) is 12.0. The molecular formula is C23H31ClFN5O2. The van der Waals surface area contributed by atoms with E-state index in [1.807, 2.05) is 0 Å². The second kappa shape index (κ2) is 9.25. The third kappa shape index (κ3) is 4.51. The summed E-state index contributed by atoms with van der Waals surface area (Å²) in [5.41, 5.74) is 0.260. The van der Waals surface area contributed by atoms with Crippen LogP contribution in [0.3, 0.4) is 0 Å². The van der Waals surface area contributed by atoms with Crippen LogP contribution in [0.2, 0.25) is 5.02 Å². The van der Waals surface area contributed by atoms with E-state index in [4.69, 9.17) is 26.1 Å². The molecule has 0 unspecified atom stereocenters. The number of anilines is 1. The van der Waals surface area contributed by atoms with Crippen molar-refractivity contribution in [1.82, 2.24) is 20.2 Å². The van der Waals surface area contributed by atoms with Crippen LogP contribution in [0.25, 0.3) is 10.9 Å². The van der Waals surface area contributed by atoms with Gasteiger partial charge in [0.15, 0.2) is 5.82 Å². The van der Waals surface area contributed by atoms with Crippen LogP contribution < -0.4 is 15.0 Å². The highest BCUT2D eigenvalue weighted by molar-refractivity contribution is 6.31. The van der Waals surface area contributed by atoms with Gasteiger partial charge in [-0.15, -0.1) is 0 Å². The zero-order valence-electron chi connectivity index (χ0n) is 18.7. The van der Waals surface area contributed by atoms with Crippen LogP contribution in [0.4, 0.5) is 10.2 Å². The molecule has 1 N–H and O–H groups in total. The minimum Gasteiger partial charge on any atom is -0.463 e. The smallest absolute Gasteiger partial charge is 0.319 e. The molecule has 174 valence electrons. The van der Waals surface area contributed by atoms with Crippen LogP contribution in [-0.2, 0) is 4.74 Å². The Labute approximate surface area is 193 Å². The molecule has 3 aliphatic heterocycles. The number of rotatable bonds is 6. The first-order valence-electron chi connectivity index (χ1n) is 11.6. The van der Waals surface area contributed by atoms with E-state index in [-0.39, 0.29) is 11.5 Å². The molecule has 0 aliphatic carbocycles. The SMILES string of the molecule is C[C@@H]1COC[C@@H](C)N1CCCOc1nc(N2C[C@H]3CC[C@@H](C2)N3)c2cc(Cl)cc(F)c2n1.